The summed E-state index contributed by atoms with van der Waals surface area (Å²) in [4.78, 5) is 23.5. The monoisotopic (exact) mass is 251 g/mol. The predicted molar refractivity (Wildman–Crippen MR) is 67.5 cm³/mol. The van der Waals surface area contributed by atoms with Gasteiger partial charge in [-0.25, -0.2) is 14.2 Å². The van der Waals surface area contributed by atoms with E-state index in [1.54, 1.807) is 20.8 Å². The van der Waals surface area contributed by atoms with Crippen LogP contribution in [0.2, 0.25) is 0 Å². The summed E-state index contributed by atoms with van der Waals surface area (Å²) in [5, 5.41) is 0. The molecule has 0 amide bonds. The van der Waals surface area contributed by atoms with E-state index < -0.39 is 17.7 Å². The maximum absolute atomic E-state index is 11.9. The van der Waals surface area contributed by atoms with Crippen LogP contribution in [0.1, 0.15) is 36.8 Å². The third kappa shape index (κ3) is 3.23. The Hall–Kier alpha value is -2.04. The van der Waals surface area contributed by atoms with E-state index in [2.05, 4.69) is 11.3 Å². The van der Waals surface area contributed by atoms with Crippen LogP contribution in [0, 0.1) is 0 Å². The number of carbonyl (C=O) groups is 2. The van der Waals surface area contributed by atoms with Gasteiger partial charge in [-0.15, -0.1) is 0 Å². The van der Waals surface area contributed by atoms with Crippen molar-refractivity contribution in [2.24, 2.45) is 0 Å². The highest BCUT2D eigenvalue weighted by molar-refractivity contribution is 5.93. The molecular formula is C13H17NO4. The minimum Gasteiger partial charge on any atom is -0.464 e. The van der Waals surface area contributed by atoms with Crippen molar-refractivity contribution in [1.82, 2.24) is 4.57 Å². The van der Waals surface area contributed by atoms with Crippen LogP contribution < -0.4 is 0 Å². The topological polar surface area (TPSA) is 57.5 Å². The second-order valence-electron chi connectivity index (χ2n) is 4.70. The van der Waals surface area contributed by atoms with E-state index in [1.165, 1.54) is 25.4 Å². The number of ether oxygens (including phenoxy) is 2. The van der Waals surface area contributed by atoms with Crippen molar-refractivity contribution in [3.63, 3.8) is 0 Å². The molecule has 1 rings (SSSR count). The summed E-state index contributed by atoms with van der Waals surface area (Å²) in [6, 6.07) is 1.52. The van der Waals surface area contributed by atoms with Gasteiger partial charge in [-0.3, -0.25) is 0 Å². The number of hydrogen-bond acceptors (Lipinski definition) is 4. The lowest BCUT2D eigenvalue weighted by Crippen LogP contribution is -2.28. The molecule has 0 bridgehead atoms. The molecule has 0 aromatic carbocycles. The van der Waals surface area contributed by atoms with Crippen molar-refractivity contribution in [2.75, 3.05) is 7.11 Å². The largest absolute Gasteiger partial charge is 0.464 e. The van der Waals surface area contributed by atoms with Gasteiger partial charge in [0, 0.05) is 6.20 Å². The van der Waals surface area contributed by atoms with Crippen molar-refractivity contribution < 1.29 is 19.1 Å². The molecule has 0 aliphatic rings. The Kier molecular flexibility index (Phi) is 3.96. The number of carbonyl (C=O) groups excluding carboxylic acids is 2. The molecule has 0 aliphatic heterocycles. The summed E-state index contributed by atoms with van der Waals surface area (Å²) in [5.41, 5.74) is 0.117. The van der Waals surface area contributed by atoms with E-state index in [1.807, 2.05) is 0 Å². The molecule has 1 aromatic rings. The van der Waals surface area contributed by atoms with Gasteiger partial charge in [0.15, 0.2) is 0 Å². The molecule has 0 aliphatic carbocycles. The molecule has 0 N–H and O–H groups in total. The van der Waals surface area contributed by atoms with Gasteiger partial charge in [-0.05, 0) is 32.4 Å². The first kappa shape index (κ1) is 14.0. The Bertz CT molecular complexity index is 480. The fourth-order valence-corrected chi connectivity index (χ4v) is 1.32. The lowest BCUT2D eigenvalue weighted by Gasteiger charge is -2.20. The average molecular weight is 251 g/mol. The third-order valence-electron chi connectivity index (χ3n) is 2.06. The fraction of sp³-hybridized carbons (Fsp3) is 0.385. The van der Waals surface area contributed by atoms with Crippen LogP contribution in [-0.2, 0) is 9.47 Å². The molecule has 18 heavy (non-hydrogen) atoms. The van der Waals surface area contributed by atoms with Gasteiger partial charge >= 0.3 is 12.1 Å². The van der Waals surface area contributed by atoms with E-state index in [0.29, 0.717) is 5.56 Å². The standard InChI is InChI=1S/C13H17NO4/c1-6-9-7-10(11(15)17-5)14(8-9)12(16)18-13(2,3)4/h6-8H,1H2,2-5H3. The predicted octanol–water partition coefficient (Wildman–Crippen LogP) is 2.70. The van der Waals surface area contributed by atoms with Crippen LogP contribution in [0.15, 0.2) is 18.8 Å². The van der Waals surface area contributed by atoms with Crippen LogP contribution in [0.25, 0.3) is 6.08 Å². The molecule has 0 fully saturated rings. The zero-order valence-corrected chi connectivity index (χ0v) is 11.0. The van der Waals surface area contributed by atoms with E-state index in [0.717, 1.165) is 4.57 Å². The van der Waals surface area contributed by atoms with Crippen molar-refractivity contribution >= 4 is 18.1 Å². The van der Waals surface area contributed by atoms with Crippen molar-refractivity contribution in [3.8, 4) is 0 Å². The summed E-state index contributed by atoms with van der Waals surface area (Å²) in [5.74, 6) is -0.603. The molecule has 1 aromatic heterocycles. The first-order valence-corrected chi connectivity index (χ1v) is 5.45. The number of hydrogen-bond donors (Lipinski definition) is 0. The van der Waals surface area contributed by atoms with Crippen molar-refractivity contribution in [2.45, 2.75) is 26.4 Å². The molecule has 1 heterocycles. The Morgan fingerprint density at radius 3 is 2.44 bits per heavy atom. The molecular weight excluding hydrogens is 234 g/mol. The molecule has 0 unspecified atom stereocenters. The van der Waals surface area contributed by atoms with Gasteiger partial charge in [-0.2, -0.15) is 0 Å². The average Bonchev–Trinajstić information content (AvgIpc) is 2.69. The summed E-state index contributed by atoms with van der Waals surface area (Å²) >= 11 is 0. The SMILES string of the molecule is C=Cc1cc(C(=O)OC)n(C(=O)OC(C)(C)C)c1. The first-order chi connectivity index (χ1) is 8.28. The maximum atomic E-state index is 11.9. The highest BCUT2D eigenvalue weighted by Gasteiger charge is 2.23. The zero-order chi connectivity index (χ0) is 13.9. The summed E-state index contributed by atoms with van der Waals surface area (Å²) in [7, 11) is 1.25. The smallest absolute Gasteiger partial charge is 0.419 e. The number of methoxy groups -OCH3 is 1. The summed E-state index contributed by atoms with van der Waals surface area (Å²) in [6.07, 6.45) is 2.39. The fourth-order valence-electron chi connectivity index (χ4n) is 1.32. The van der Waals surface area contributed by atoms with Crippen LogP contribution in [0.5, 0.6) is 0 Å². The van der Waals surface area contributed by atoms with E-state index in [9.17, 15) is 9.59 Å². The second kappa shape index (κ2) is 5.08. The lowest BCUT2D eigenvalue weighted by atomic mass is 10.2. The third-order valence-corrected chi connectivity index (χ3v) is 2.06. The van der Waals surface area contributed by atoms with Gasteiger partial charge in [0.2, 0.25) is 0 Å². The first-order valence-electron chi connectivity index (χ1n) is 5.45. The van der Waals surface area contributed by atoms with Gasteiger partial charge in [0.25, 0.3) is 0 Å². The maximum Gasteiger partial charge on any atom is 0.419 e. The zero-order valence-electron chi connectivity index (χ0n) is 11.0. The van der Waals surface area contributed by atoms with Crippen LogP contribution in [0.4, 0.5) is 4.79 Å². The number of rotatable bonds is 2. The normalized spacial score (nSPS) is 10.9. The Morgan fingerprint density at radius 2 is 2.00 bits per heavy atom. The molecule has 0 spiro atoms. The molecule has 0 radical (unpaired) electrons. The highest BCUT2D eigenvalue weighted by atomic mass is 16.6. The van der Waals surface area contributed by atoms with Gasteiger partial charge in [0.1, 0.15) is 11.3 Å². The quantitative estimate of drug-likeness (QED) is 0.758. The molecule has 98 valence electrons. The van der Waals surface area contributed by atoms with Gasteiger partial charge in [-0.1, -0.05) is 12.7 Å². The second-order valence-corrected chi connectivity index (χ2v) is 4.70. The molecule has 5 heteroatoms. The molecule has 0 atom stereocenters. The lowest BCUT2D eigenvalue weighted by molar-refractivity contribution is 0.0483. The summed E-state index contributed by atoms with van der Waals surface area (Å²) < 4.78 is 10.9. The Balaban J connectivity index is 3.14. The van der Waals surface area contributed by atoms with Gasteiger partial charge < -0.3 is 9.47 Å². The van der Waals surface area contributed by atoms with Crippen LogP contribution in [-0.4, -0.2) is 29.3 Å². The Labute approximate surface area is 106 Å². The van der Waals surface area contributed by atoms with Crippen LogP contribution in [0.3, 0.4) is 0 Å². The minimum atomic E-state index is -0.636. The highest BCUT2D eigenvalue weighted by Crippen LogP contribution is 2.15. The number of nitrogens with zero attached hydrogens (tertiary/aromatic N) is 1. The van der Waals surface area contributed by atoms with E-state index >= 15 is 0 Å². The van der Waals surface area contributed by atoms with E-state index in [4.69, 9.17) is 4.74 Å². The molecule has 0 saturated carbocycles. The van der Waals surface area contributed by atoms with E-state index in [-0.39, 0.29) is 5.69 Å². The minimum absolute atomic E-state index is 0.113. The van der Waals surface area contributed by atoms with Gasteiger partial charge in [0.05, 0.1) is 7.11 Å². The number of esters is 1. The van der Waals surface area contributed by atoms with Crippen molar-refractivity contribution in [3.05, 3.63) is 30.1 Å². The van der Waals surface area contributed by atoms with Crippen molar-refractivity contribution in [1.29, 1.82) is 0 Å². The molecule has 0 saturated heterocycles. The number of aromatic nitrogens is 1. The Morgan fingerprint density at radius 1 is 1.39 bits per heavy atom. The van der Waals surface area contributed by atoms with Crippen LogP contribution >= 0.6 is 0 Å². The summed E-state index contributed by atoms with van der Waals surface area (Å²) in [6.45, 7) is 8.84. The molecule has 5 nitrogen and oxygen atoms in total.